The van der Waals surface area contributed by atoms with Crippen LogP contribution in [0.2, 0.25) is 0 Å². The summed E-state index contributed by atoms with van der Waals surface area (Å²) in [7, 11) is 0. The Morgan fingerprint density at radius 1 is 0.639 bits per heavy atom. The van der Waals surface area contributed by atoms with Gasteiger partial charge in [0.15, 0.2) is 0 Å². The third kappa shape index (κ3) is 7.58. The van der Waals surface area contributed by atoms with Crippen molar-refractivity contribution in [2.45, 2.75) is 44.2 Å². The molecule has 0 saturated carbocycles. The molecule has 0 radical (unpaired) electrons. The van der Waals surface area contributed by atoms with Crippen LogP contribution in [0.15, 0.2) is 103 Å². The third-order valence-electron chi connectivity index (χ3n) is 5.83. The smallest absolute Gasteiger partial charge is 0.124 e. The summed E-state index contributed by atoms with van der Waals surface area (Å²) in [5.74, 6) is 0. The van der Waals surface area contributed by atoms with Crippen LogP contribution in [-0.4, -0.2) is 45.3 Å². The van der Waals surface area contributed by atoms with Gasteiger partial charge in [0.25, 0.3) is 0 Å². The quantitative estimate of drug-likeness (QED) is 0.246. The molecule has 3 N–H and O–H groups in total. The molecule has 1 aromatic heterocycles. The SMILES string of the molecule is OC(COCc1ccccc1)C(OCc1ccccc1)C(OCc1ccccc1)[C@@H](O)c1ccn[nH]1. The van der Waals surface area contributed by atoms with Crippen LogP contribution in [-0.2, 0) is 34.0 Å². The Morgan fingerprint density at radius 2 is 1.14 bits per heavy atom. The summed E-state index contributed by atoms with van der Waals surface area (Å²) in [6.07, 6.45) is -2.39. The van der Waals surface area contributed by atoms with Gasteiger partial charge in [-0.3, -0.25) is 5.10 Å². The highest BCUT2D eigenvalue weighted by Crippen LogP contribution is 2.26. The summed E-state index contributed by atoms with van der Waals surface area (Å²) in [6.45, 7) is 0.832. The van der Waals surface area contributed by atoms with E-state index in [9.17, 15) is 10.2 Å². The monoisotopic (exact) mass is 488 g/mol. The van der Waals surface area contributed by atoms with Crippen molar-refractivity contribution in [2.75, 3.05) is 6.61 Å². The van der Waals surface area contributed by atoms with Crippen molar-refractivity contribution in [1.82, 2.24) is 10.2 Å². The maximum atomic E-state index is 11.2. The molecule has 4 aromatic rings. The summed E-state index contributed by atoms with van der Waals surface area (Å²) in [4.78, 5) is 0. The first-order valence-corrected chi connectivity index (χ1v) is 12.0. The van der Waals surface area contributed by atoms with Gasteiger partial charge in [-0.25, -0.2) is 0 Å². The number of nitrogens with one attached hydrogen (secondary N) is 1. The van der Waals surface area contributed by atoms with E-state index in [-0.39, 0.29) is 19.8 Å². The summed E-state index contributed by atoms with van der Waals surface area (Å²) in [6, 6.07) is 30.8. The Hall–Kier alpha value is -3.33. The third-order valence-corrected chi connectivity index (χ3v) is 5.83. The van der Waals surface area contributed by atoms with Crippen molar-refractivity contribution in [3.63, 3.8) is 0 Å². The standard InChI is InChI=1S/C29H32N2O5/c32-26(21-34-18-22-10-4-1-5-11-22)28(35-19-23-12-6-2-7-13-23)29(27(33)25-16-17-30-31-25)36-20-24-14-8-3-9-15-24/h1-17,26-29,32-33H,18-21H2,(H,30,31)/t26?,27-,28?,29?/m0/s1. The predicted octanol–water partition coefficient (Wildman–Crippen LogP) is 4.19. The van der Waals surface area contributed by atoms with E-state index >= 15 is 0 Å². The highest BCUT2D eigenvalue weighted by Gasteiger charge is 2.37. The number of aromatic nitrogens is 2. The lowest BCUT2D eigenvalue weighted by molar-refractivity contribution is -0.178. The van der Waals surface area contributed by atoms with Crippen LogP contribution in [0.25, 0.3) is 0 Å². The lowest BCUT2D eigenvalue weighted by Crippen LogP contribution is -2.46. The molecule has 7 heteroatoms. The van der Waals surface area contributed by atoms with Gasteiger partial charge in [0.1, 0.15) is 24.4 Å². The van der Waals surface area contributed by atoms with Crippen LogP contribution in [0.4, 0.5) is 0 Å². The van der Waals surface area contributed by atoms with E-state index < -0.39 is 24.4 Å². The van der Waals surface area contributed by atoms with Gasteiger partial charge in [-0.05, 0) is 22.8 Å². The Bertz CT molecular complexity index is 1110. The molecule has 3 unspecified atom stereocenters. The minimum absolute atomic E-state index is 0.00917. The van der Waals surface area contributed by atoms with E-state index in [1.165, 1.54) is 0 Å². The minimum Gasteiger partial charge on any atom is -0.388 e. The fraction of sp³-hybridized carbons (Fsp3) is 0.276. The molecule has 36 heavy (non-hydrogen) atoms. The first-order chi connectivity index (χ1) is 17.7. The van der Waals surface area contributed by atoms with E-state index in [1.54, 1.807) is 12.3 Å². The van der Waals surface area contributed by atoms with Gasteiger partial charge in [-0.15, -0.1) is 0 Å². The topological polar surface area (TPSA) is 96.8 Å². The molecule has 0 aliphatic heterocycles. The second-order valence-electron chi connectivity index (χ2n) is 8.55. The largest absolute Gasteiger partial charge is 0.388 e. The van der Waals surface area contributed by atoms with Crippen molar-refractivity contribution in [1.29, 1.82) is 0 Å². The Labute approximate surface area is 211 Å². The number of ether oxygens (including phenoxy) is 3. The van der Waals surface area contributed by atoms with Gasteiger partial charge < -0.3 is 24.4 Å². The first kappa shape index (κ1) is 25.8. The van der Waals surface area contributed by atoms with Crippen LogP contribution in [0.3, 0.4) is 0 Å². The van der Waals surface area contributed by atoms with Gasteiger partial charge in [-0.1, -0.05) is 91.0 Å². The number of rotatable bonds is 14. The van der Waals surface area contributed by atoms with Crippen LogP contribution >= 0.6 is 0 Å². The van der Waals surface area contributed by atoms with Crippen molar-refractivity contribution in [3.8, 4) is 0 Å². The maximum absolute atomic E-state index is 11.2. The van der Waals surface area contributed by atoms with Gasteiger partial charge in [0, 0.05) is 6.20 Å². The molecule has 0 spiro atoms. The zero-order valence-corrected chi connectivity index (χ0v) is 20.0. The van der Waals surface area contributed by atoms with E-state index in [0.29, 0.717) is 12.3 Å². The molecule has 0 fully saturated rings. The zero-order valence-electron chi connectivity index (χ0n) is 20.0. The molecular formula is C29H32N2O5. The molecule has 4 rings (SSSR count). The number of aliphatic hydroxyl groups is 2. The summed E-state index contributed by atoms with van der Waals surface area (Å²) < 4.78 is 18.2. The van der Waals surface area contributed by atoms with Gasteiger partial charge in [0.05, 0.1) is 32.1 Å². The van der Waals surface area contributed by atoms with E-state index in [1.807, 2.05) is 91.0 Å². The average Bonchev–Trinajstić information content (AvgIpc) is 3.47. The molecule has 0 saturated heterocycles. The second-order valence-corrected chi connectivity index (χ2v) is 8.55. The predicted molar refractivity (Wildman–Crippen MR) is 136 cm³/mol. The Balaban J connectivity index is 1.52. The minimum atomic E-state index is -1.11. The number of hydrogen-bond acceptors (Lipinski definition) is 6. The maximum Gasteiger partial charge on any atom is 0.124 e. The number of hydrogen-bond donors (Lipinski definition) is 3. The molecule has 4 atom stereocenters. The zero-order chi connectivity index (χ0) is 25.0. The van der Waals surface area contributed by atoms with Gasteiger partial charge >= 0.3 is 0 Å². The van der Waals surface area contributed by atoms with Crippen molar-refractivity contribution in [3.05, 3.63) is 126 Å². The number of nitrogens with zero attached hydrogens (tertiary/aromatic N) is 1. The van der Waals surface area contributed by atoms with Crippen molar-refractivity contribution >= 4 is 0 Å². The van der Waals surface area contributed by atoms with Crippen molar-refractivity contribution in [2.24, 2.45) is 0 Å². The van der Waals surface area contributed by atoms with Gasteiger partial charge in [0.2, 0.25) is 0 Å². The molecule has 188 valence electrons. The summed E-state index contributed by atoms with van der Waals surface area (Å²) >= 11 is 0. The number of aliphatic hydroxyl groups excluding tert-OH is 2. The first-order valence-electron chi connectivity index (χ1n) is 12.0. The van der Waals surface area contributed by atoms with E-state index in [0.717, 1.165) is 16.7 Å². The molecule has 0 bridgehead atoms. The normalized spacial score (nSPS) is 14.7. The Kier molecular flexibility index (Phi) is 9.78. The van der Waals surface area contributed by atoms with Crippen LogP contribution < -0.4 is 0 Å². The fourth-order valence-corrected chi connectivity index (χ4v) is 3.90. The fourth-order valence-electron chi connectivity index (χ4n) is 3.90. The molecule has 0 aliphatic carbocycles. The van der Waals surface area contributed by atoms with Crippen LogP contribution in [0.5, 0.6) is 0 Å². The molecule has 1 heterocycles. The number of H-pyrrole nitrogens is 1. The average molecular weight is 489 g/mol. The molecule has 3 aromatic carbocycles. The van der Waals surface area contributed by atoms with E-state index in [2.05, 4.69) is 10.2 Å². The number of aromatic amines is 1. The van der Waals surface area contributed by atoms with Gasteiger partial charge in [-0.2, -0.15) is 5.10 Å². The highest BCUT2D eigenvalue weighted by atomic mass is 16.6. The number of benzene rings is 3. The highest BCUT2D eigenvalue weighted by molar-refractivity contribution is 5.15. The van der Waals surface area contributed by atoms with E-state index in [4.69, 9.17) is 14.2 Å². The van der Waals surface area contributed by atoms with Crippen LogP contribution in [0, 0.1) is 0 Å². The van der Waals surface area contributed by atoms with Crippen LogP contribution in [0.1, 0.15) is 28.5 Å². The lowest BCUT2D eigenvalue weighted by Gasteiger charge is -2.33. The molecular weight excluding hydrogens is 456 g/mol. The lowest BCUT2D eigenvalue weighted by atomic mass is 10.00. The summed E-state index contributed by atoms with van der Waals surface area (Å²) in [5.41, 5.74) is 3.35. The summed E-state index contributed by atoms with van der Waals surface area (Å²) in [5, 5.41) is 29.2. The molecule has 0 aliphatic rings. The molecule has 7 nitrogen and oxygen atoms in total. The molecule has 0 amide bonds. The second kappa shape index (κ2) is 13.7. The van der Waals surface area contributed by atoms with Crippen molar-refractivity contribution < 1.29 is 24.4 Å². The Morgan fingerprint density at radius 3 is 1.64 bits per heavy atom.